The largest absolute Gasteiger partial charge is 0.573 e. The van der Waals surface area contributed by atoms with Gasteiger partial charge in [-0.1, -0.05) is 0 Å². The summed E-state index contributed by atoms with van der Waals surface area (Å²) in [5, 5.41) is 2.51. The summed E-state index contributed by atoms with van der Waals surface area (Å²) in [5.41, 5.74) is -0.263. The molecule has 2 aromatic rings. The average molecular weight is 329 g/mol. The van der Waals surface area contributed by atoms with Crippen molar-refractivity contribution in [3.05, 3.63) is 42.0 Å². The van der Waals surface area contributed by atoms with Crippen LogP contribution in [0.2, 0.25) is 0 Å². The van der Waals surface area contributed by atoms with E-state index in [1.54, 1.807) is 12.4 Å². The van der Waals surface area contributed by atoms with Crippen molar-refractivity contribution >= 4 is 5.91 Å². The van der Waals surface area contributed by atoms with Crippen molar-refractivity contribution in [2.75, 3.05) is 13.7 Å². The molecule has 0 saturated heterocycles. The van der Waals surface area contributed by atoms with E-state index in [1.807, 2.05) is 0 Å². The van der Waals surface area contributed by atoms with Gasteiger partial charge in [-0.05, 0) is 18.2 Å². The van der Waals surface area contributed by atoms with Gasteiger partial charge in [0.25, 0.3) is 5.91 Å². The number of halogens is 3. The summed E-state index contributed by atoms with van der Waals surface area (Å²) >= 11 is 0. The Morgan fingerprint density at radius 1 is 1.39 bits per heavy atom. The molecule has 1 amide bonds. The number of carbonyl (C=O) groups is 1. The predicted octanol–water partition coefficient (Wildman–Crippen LogP) is 2.29. The number of ether oxygens (including phenoxy) is 2. The minimum Gasteiger partial charge on any atom is -0.497 e. The molecule has 1 heterocycles. The lowest BCUT2D eigenvalue weighted by Crippen LogP contribution is -2.27. The molecular weight excluding hydrogens is 315 g/mol. The molecule has 1 aromatic carbocycles. The number of hydrogen-bond donors (Lipinski definition) is 2. The molecule has 0 unspecified atom stereocenters. The zero-order chi connectivity index (χ0) is 16.9. The lowest BCUT2D eigenvalue weighted by atomic mass is 10.1. The molecule has 2 N–H and O–H groups in total. The average Bonchev–Trinajstić information content (AvgIpc) is 2.99. The fourth-order valence-electron chi connectivity index (χ4n) is 1.85. The zero-order valence-electron chi connectivity index (χ0n) is 12.1. The Morgan fingerprint density at radius 3 is 2.78 bits per heavy atom. The van der Waals surface area contributed by atoms with Gasteiger partial charge >= 0.3 is 6.36 Å². The van der Waals surface area contributed by atoms with Gasteiger partial charge in [-0.2, -0.15) is 0 Å². The first kappa shape index (κ1) is 16.7. The van der Waals surface area contributed by atoms with Crippen molar-refractivity contribution in [1.29, 1.82) is 0 Å². The van der Waals surface area contributed by atoms with Crippen LogP contribution < -0.4 is 14.8 Å². The van der Waals surface area contributed by atoms with Crippen LogP contribution in [-0.4, -0.2) is 35.9 Å². The summed E-state index contributed by atoms with van der Waals surface area (Å²) in [5.74, 6) is -0.387. The summed E-state index contributed by atoms with van der Waals surface area (Å²) in [7, 11) is 1.35. The summed E-state index contributed by atoms with van der Waals surface area (Å²) in [6.45, 7) is 0.203. The molecule has 0 radical (unpaired) electrons. The standard InChI is InChI=1S/C14H14F3N3O3/c1-22-9-2-3-11(23-14(15,16)17)10(8-9)13(21)20-5-4-12-18-6-7-19-12/h2-3,6-8H,4-5H2,1H3,(H,18,19)(H,20,21). The smallest absolute Gasteiger partial charge is 0.497 e. The van der Waals surface area contributed by atoms with Crippen molar-refractivity contribution < 1.29 is 27.4 Å². The Balaban J connectivity index is 2.09. The number of methoxy groups -OCH3 is 1. The molecule has 2 rings (SSSR count). The molecular formula is C14H14F3N3O3. The van der Waals surface area contributed by atoms with E-state index in [-0.39, 0.29) is 17.9 Å². The second-order valence-electron chi connectivity index (χ2n) is 4.45. The van der Waals surface area contributed by atoms with E-state index in [9.17, 15) is 18.0 Å². The zero-order valence-corrected chi connectivity index (χ0v) is 12.1. The van der Waals surface area contributed by atoms with Gasteiger partial charge in [0.2, 0.25) is 0 Å². The topological polar surface area (TPSA) is 76.2 Å². The maximum atomic E-state index is 12.4. The normalized spacial score (nSPS) is 11.1. The van der Waals surface area contributed by atoms with Crippen LogP contribution >= 0.6 is 0 Å². The number of carbonyl (C=O) groups excluding carboxylic acids is 1. The number of H-pyrrole nitrogens is 1. The molecule has 0 aliphatic carbocycles. The Hall–Kier alpha value is -2.71. The number of benzene rings is 1. The molecule has 23 heavy (non-hydrogen) atoms. The quantitative estimate of drug-likeness (QED) is 0.852. The van der Waals surface area contributed by atoms with Crippen LogP contribution in [0, 0.1) is 0 Å². The SMILES string of the molecule is COc1ccc(OC(F)(F)F)c(C(=O)NCCc2ncc[nH]2)c1. The number of alkyl halides is 3. The van der Waals surface area contributed by atoms with E-state index in [1.165, 1.54) is 19.2 Å². The molecule has 1 aromatic heterocycles. The number of nitrogens with zero attached hydrogens (tertiary/aromatic N) is 1. The number of rotatable bonds is 6. The molecule has 0 fully saturated rings. The lowest BCUT2D eigenvalue weighted by molar-refractivity contribution is -0.274. The molecule has 0 atom stereocenters. The maximum absolute atomic E-state index is 12.4. The van der Waals surface area contributed by atoms with Crippen LogP contribution in [0.15, 0.2) is 30.6 Å². The third-order valence-corrected chi connectivity index (χ3v) is 2.86. The molecule has 0 spiro atoms. The van der Waals surface area contributed by atoms with E-state index >= 15 is 0 Å². The maximum Gasteiger partial charge on any atom is 0.573 e. The molecule has 0 bridgehead atoms. The third-order valence-electron chi connectivity index (χ3n) is 2.86. The van der Waals surface area contributed by atoms with Gasteiger partial charge in [-0.25, -0.2) is 4.98 Å². The third kappa shape index (κ3) is 4.90. The Kier molecular flexibility index (Phi) is 5.09. The van der Waals surface area contributed by atoms with Crippen LogP contribution in [0.5, 0.6) is 11.5 Å². The van der Waals surface area contributed by atoms with Gasteiger partial charge < -0.3 is 19.8 Å². The second-order valence-corrected chi connectivity index (χ2v) is 4.45. The van der Waals surface area contributed by atoms with Crippen molar-refractivity contribution in [3.63, 3.8) is 0 Å². The highest BCUT2D eigenvalue weighted by molar-refractivity contribution is 5.97. The van der Waals surface area contributed by atoms with Gasteiger partial charge in [0.1, 0.15) is 17.3 Å². The number of imidazole rings is 1. The van der Waals surface area contributed by atoms with Gasteiger partial charge in [-0.3, -0.25) is 4.79 Å². The van der Waals surface area contributed by atoms with Crippen molar-refractivity contribution in [2.24, 2.45) is 0 Å². The monoisotopic (exact) mass is 329 g/mol. The lowest BCUT2D eigenvalue weighted by Gasteiger charge is -2.14. The number of aromatic nitrogens is 2. The Labute approximate surface area is 129 Å². The second kappa shape index (κ2) is 7.03. The number of nitrogens with one attached hydrogen (secondary N) is 2. The van der Waals surface area contributed by atoms with Gasteiger partial charge in [-0.15, -0.1) is 13.2 Å². The number of aromatic amines is 1. The van der Waals surface area contributed by atoms with Gasteiger partial charge in [0.05, 0.1) is 12.7 Å². The van der Waals surface area contributed by atoms with E-state index in [4.69, 9.17) is 4.74 Å². The highest BCUT2D eigenvalue weighted by Crippen LogP contribution is 2.29. The molecule has 124 valence electrons. The first-order valence-corrected chi connectivity index (χ1v) is 6.59. The Morgan fingerprint density at radius 2 is 2.17 bits per heavy atom. The first-order valence-electron chi connectivity index (χ1n) is 6.59. The predicted molar refractivity (Wildman–Crippen MR) is 74.3 cm³/mol. The Bertz CT molecular complexity index is 657. The summed E-state index contributed by atoms with van der Waals surface area (Å²) < 4.78 is 46.0. The van der Waals surface area contributed by atoms with Crippen molar-refractivity contribution in [3.8, 4) is 11.5 Å². The van der Waals surface area contributed by atoms with Crippen LogP contribution in [-0.2, 0) is 6.42 Å². The summed E-state index contributed by atoms with van der Waals surface area (Å²) in [4.78, 5) is 18.9. The number of hydrogen-bond acceptors (Lipinski definition) is 4. The van der Waals surface area contributed by atoms with Crippen molar-refractivity contribution in [2.45, 2.75) is 12.8 Å². The minimum absolute atomic E-state index is 0.203. The van der Waals surface area contributed by atoms with Crippen LogP contribution in [0.1, 0.15) is 16.2 Å². The van der Waals surface area contributed by atoms with E-state index < -0.39 is 18.0 Å². The fourth-order valence-corrected chi connectivity index (χ4v) is 1.85. The molecule has 0 aliphatic heterocycles. The van der Waals surface area contributed by atoms with Crippen molar-refractivity contribution in [1.82, 2.24) is 15.3 Å². The fraction of sp³-hybridized carbons (Fsp3) is 0.286. The number of amides is 1. The van der Waals surface area contributed by atoms with E-state index in [2.05, 4.69) is 20.0 Å². The summed E-state index contributed by atoms with van der Waals surface area (Å²) in [6, 6.07) is 3.50. The van der Waals surface area contributed by atoms with Gasteiger partial charge in [0, 0.05) is 25.4 Å². The molecule has 0 saturated carbocycles. The van der Waals surface area contributed by atoms with Gasteiger partial charge in [0.15, 0.2) is 0 Å². The molecule has 6 nitrogen and oxygen atoms in total. The molecule has 9 heteroatoms. The minimum atomic E-state index is -4.89. The first-order chi connectivity index (χ1) is 10.9. The summed E-state index contributed by atoms with van der Waals surface area (Å²) in [6.07, 6.45) is -1.28. The highest BCUT2D eigenvalue weighted by Gasteiger charge is 2.33. The van der Waals surface area contributed by atoms with Crippen LogP contribution in [0.3, 0.4) is 0 Å². The van der Waals surface area contributed by atoms with E-state index in [0.717, 1.165) is 6.07 Å². The highest BCUT2D eigenvalue weighted by atomic mass is 19.4. The molecule has 0 aliphatic rings. The van der Waals surface area contributed by atoms with Crippen LogP contribution in [0.4, 0.5) is 13.2 Å². The van der Waals surface area contributed by atoms with Crippen LogP contribution in [0.25, 0.3) is 0 Å². The van der Waals surface area contributed by atoms with E-state index in [0.29, 0.717) is 12.2 Å².